The lowest BCUT2D eigenvalue weighted by Crippen LogP contribution is -2.46. The van der Waals surface area contributed by atoms with Crippen molar-refractivity contribution in [2.75, 3.05) is 31.1 Å². The van der Waals surface area contributed by atoms with Gasteiger partial charge in [0.25, 0.3) is 11.1 Å². The van der Waals surface area contributed by atoms with E-state index in [1.807, 2.05) is 17.0 Å². The molecule has 0 atom stereocenters. The molecule has 2 aliphatic heterocycles. The van der Waals surface area contributed by atoms with Crippen molar-refractivity contribution in [3.8, 4) is 0 Å². The molecule has 0 aliphatic carbocycles. The van der Waals surface area contributed by atoms with E-state index in [1.54, 1.807) is 12.4 Å². The Hall–Kier alpha value is -2.56. The number of carbonyl (C=O) groups is 2. The van der Waals surface area contributed by atoms with Gasteiger partial charge in [0.2, 0.25) is 0 Å². The van der Waals surface area contributed by atoms with Gasteiger partial charge in [-0.05, 0) is 47.7 Å². The topological polar surface area (TPSA) is 65.5 Å². The fourth-order valence-corrected chi connectivity index (χ4v) is 4.69. The highest BCUT2D eigenvalue weighted by Gasteiger charge is 2.34. The number of hydrogen-bond acceptors (Lipinski definition) is 6. The molecule has 2 saturated heterocycles. The molecular weight excluding hydrogens is 465 g/mol. The molecule has 2 aliphatic rings. The summed E-state index contributed by atoms with van der Waals surface area (Å²) in [6.45, 7) is 3.20. The Morgan fingerprint density at radius 2 is 1.81 bits per heavy atom. The normalized spacial score (nSPS) is 19.0. The van der Waals surface area contributed by atoms with Gasteiger partial charge in [-0.2, -0.15) is 13.2 Å². The molecule has 1 N–H and O–H groups in total. The maximum absolute atomic E-state index is 13.4. The first-order valence-electron chi connectivity index (χ1n) is 9.72. The summed E-state index contributed by atoms with van der Waals surface area (Å²) in [6, 6.07) is 5.74. The Bertz CT molecular complexity index is 1070. The highest BCUT2D eigenvalue weighted by Crippen LogP contribution is 2.40. The van der Waals surface area contributed by atoms with Crippen molar-refractivity contribution in [2.24, 2.45) is 0 Å². The molecule has 3 heterocycles. The van der Waals surface area contributed by atoms with Crippen LogP contribution in [-0.4, -0.2) is 47.2 Å². The van der Waals surface area contributed by atoms with E-state index in [4.69, 9.17) is 11.6 Å². The van der Waals surface area contributed by atoms with Crippen LogP contribution in [-0.2, 0) is 17.5 Å². The summed E-state index contributed by atoms with van der Waals surface area (Å²) in [5.41, 5.74) is 0.785. The number of carbonyl (C=O) groups excluding carboxylic acids is 2. The van der Waals surface area contributed by atoms with Gasteiger partial charge in [-0.25, -0.2) is 0 Å². The first kappa shape index (κ1) is 22.6. The molecule has 2 amide bonds. The van der Waals surface area contributed by atoms with E-state index in [-0.39, 0.29) is 15.5 Å². The molecule has 0 radical (unpaired) electrons. The second-order valence-electron chi connectivity index (χ2n) is 7.36. The first-order chi connectivity index (χ1) is 15.2. The number of pyridine rings is 1. The third-order valence-corrected chi connectivity index (χ3v) is 6.29. The second-order valence-corrected chi connectivity index (χ2v) is 8.79. The van der Waals surface area contributed by atoms with Crippen LogP contribution in [0.1, 0.15) is 16.7 Å². The zero-order valence-corrected chi connectivity index (χ0v) is 18.2. The summed E-state index contributed by atoms with van der Waals surface area (Å²) in [4.78, 5) is 31.6. The molecule has 1 aromatic carbocycles. The molecule has 4 rings (SSSR count). The number of imide groups is 1. The van der Waals surface area contributed by atoms with Crippen LogP contribution in [0.3, 0.4) is 0 Å². The number of halogens is 4. The molecule has 168 valence electrons. The second kappa shape index (κ2) is 9.13. The maximum Gasteiger partial charge on any atom is 0.416 e. The standard InChI is InChI=1S/C21H18ClF3N4O2S/c22-16-11-15(21(23,24)25)9-14(10-17-19(30)27-20(31)32-17)18(16)29-7-5-28(6-8-29)12-13-1-3-26-4-2-13/h1-4,9-11H,5-8,12H2,(H,27,30,31)/b17-10-. The molecule has 1 aromatic heterocycles. The van der Waals surface area contributed by atoms with E-state index >= 15 is 0 Å². The van der Waals surface area contributed by atoms with Gasteiger partial charge in [0.1, 0.15) is 0 Å². The number of alkyl halides is 3. The molecular formula is C21H18ClF3N4O2S. The summed E-state index contributed by atoms with van der Waals surface area (Å²) in [5.74, 6) is -0.637. The SMILES string of the molecule is O=C1NC(=O)/C(=C/c2cc(C(F)(F)F)cc(Cl)c2N2CCN(Cc3ccncc3)CC2)S1. The largest absolute Gasteiger partial charge is 0.416 e. The van der Waals surface area contributed by atoms with Crippen molar-refractivity contribution < 1.29 is 22.8 Å². The average molecular weight is 483 g/mol. The van der Waals surface area contributed by atoms with Crippen LogP contribution >= 0.6 is 23.4 Å². The van der Waals surface area contributed by atoms with Gasteiger partial charge in [0.15, 0.2) is 0 Å². The van der Waals surface area contributed by atoms with Gasteiger partial charge in [0, 0.05) is 50.7 Å². The Morgan fingerprint density at radius 3 is 2.41 bits per heavy atom. The van der Waals surface area contributed by atoms with Crippen LogP contribution < -0.4 is 10.2 Å². The van der Waals surface area contributed by atoms with Crippen LogP contribution in [0.25, 0.3) is 6.08 Å². The molecule has 0 unspecified atom stereocenters. The number of anilines is 1. The van der Waals surface area contributed by atoms with Crippen molar-refractivity contribution in [2.45, 2.75) is 12.7 Å². The van der Waals surface area contributed by atoms with Crippen LogP contribution in [0.15, 0.2) is 41.6 Å². The third kappa shape index (κ3) is 5.08. The lowest BCUT2D eigenvalue weighted by Gasteiger charge is -2.37. The van der Waals surface area contributed by atoms with Gasteiger partial charge in [0.05, 0.1) is 21.2 Å². The van der Waals surface area contributed by atoms with Crippen molar-refractivity contribution in [1.82, 2.24) is 15.2 Å². The van der Waals surface area contributed by atoms with Crippen molar-refractivity contribution in [3.63, 3.8) is 0 Å². The zero-order chi connectivity index (χ0) is 22.9. The van der Waals surface area contributed by atoms with Gasteiger partial charge in [-0.15, -0.1) is 0 Å². The lowest BCUT2D eigenvalue weighted by atomic mass is 10.0. The lowest BCUT2D eigenvalue weighted by molar-refractivity contribution is -0.137. The highest BCUT2D eigenvalue weighted by molar-refractivity contribution is 8.18. The quantitative estimate of drug-likeness (QED) is 0.652. The number of amides is 2. The zero-order valence-electron chi connectivity index (χ0n) is 16.7. The summed E-state index contributed by atoms with van der Waals surface area (Å²) in [7, 11) is 0. The number of nitrogens with zero attached hydrogens (tertiary/aromatic N) is 3. The van der Waals surface area contributed by atoms with Crippen molar-refractivity contribution in [3.05, 3.63) is 63.3 Å². The molecule has 6 nitrogen and oxygen atoms in total. The molecule has 2 fully saturated rings. The third-order valence-electron chi connectivity index (χ3n) is 5.19. The van der Waals surface area contributed by atoms with Gasteiger partial charge in [-0.3, -0.25) is 24.8 Å². The van der Waals surface area contributed by atoms with Crippen LogP contribution in [0.4, 0.5) is 23.7 Å². The molecule has 0 bridgehead atoms. The number of piperazine rings is 1. The fraction of sp³-hybridized carbons (Fsp3) is 0.286. The van der Waals surface area contributed by atoms with E-state index in [1.165, 1.54) is 6.08 Å². The van der Waals surface area contributed by atoms with Crippen molar-refractivity contribution in [1.29, 1.82) is 0 Å². The number of rotatable bonds is 4. The van der Waals surface area contributed by atoms with Crippen molar-refractivity contribution >= 4 is 46.3 Å². The van der Waals surface area contributed by atoms with Crippen LogP contribution in [0.5, 0.6) is 0 Å². The Kier molecular flexibility index (Phi) is 6.45. The minimum atomic E-state index is -4.60. The monoisotopic (exact) mass is 482 g/mol. The van der Waals surface area contributed by atoms with E-state index in [9.17, 15) is 22.8 Å². The number of aromatic nitrogens is 1. The predicted octanol–water partition coefficient (Wildman–Crippen LogP) is 4.40. The van der Waals surface area contributed by atoms with Gasteiger partial charge >= 0.3 is 6.18 Å². The van der Waals surface area contributed by atoms with E-state index in [0.29, 0.717) is 43.6 Å². The molecule has 32 heavy (non-hydrogen) atoms. The summed E-state index contributed by atoms with van der Waals surface area (Å²) in [5, 5.41) is 1.50. The molecule has 0 spiro atoms. The Balaban J connectivity index is 1.61. The van der Waals surface area contributed by atoms with E-state index in [2.05, 4.69) is 15.2 Å². The average Bonchev–Trinajstić information content (AvgIpc) is 3.05. The smallest absolute Gasteiger partial charge is 0.367 e. The molecule has 11 heteroatoms. The van der Waals surface area contributed by atoms with Gasteiger partial charge in [-0.1, -0.05) is 11.6 Å². The number of thioether (sulfide) groups is 1. The van der Waals surface area contributed by atoms with Crippen LogP contribution in [0, 0.1) is 0 Å². The fourth-order valence-electron chi connectivity index (χ4n) is 3.67. The van der Waals surface area contributed by atoms with E-state index in [0.717, 1.165) is 24.2 Å². The van der Waals surface area contributed by atoms with Crippen LogP contribution in [0.2, 0.25) is 5.02 Å². The summed E-state index contributed by atoms with van der Waals surface area (Å²) in [6.07, 6.45) is 0.161. The first-order valence-corrected chi connectivity index (χ1v) is 10.9. The van der Waals surface area contributed by atoms with E-state index < -0.39 is 22.9 Å². The predicted molar refractivity (Wildman–Crippen MR) is 117 cm³/mol. The number of hydrogen-bond donors (Lipinski definition) is 1. The molecule has 0 saturated carbocycles. The minimum absolute atomic E-state index is 0.0305. The summed E-state index contributed by atoms with van der Waals surface area (Å²) >= 11 is 6.97. The summed E-state index contributed by atoms with van der Waals surface area (Å²) < 4.78 is 40.2. The highest BCUT2D eigenvalue weighted by atomic mass is 35.5. The van der Waals surface area contributed by atoms with Gasteiger partial charge < -0.3 is 4.90 Å². The number of nitrogens with one attached hydrogen (secondary N) is 1. The minimum Gasteiger partial charge on any atom is -0.367 e. The molecule has 2 aromatic rings. The Morgan fingerprint density at radius 1 is 1.12 bits per heavy atom. The maximum atomic E-state index is 13.4. The Labute approximate surface area is 191 Å². The number of benzene rings is 1.